The number of aromatic nitrogens is 1. The van der Waals surface area contributed by atoms with Gasteiger partial charge in [0.05, 0.1) is 36.2 Å². The van der Waals surface area contributed by atoms with Gasteiger partial charge in [-0.15, -0.1) is 12.4 Å². The first-order valence-electron chi connectivity index (χ1n) is 7.36. The Morgan fingerprint density at radius 3 is 2.88 bits per heavy atom. The zero-order chi connectivity index (χ0) is 17.1. The Labute approximate surface area is 151 Å². The lowest BCUT2D eigenvalue weighted by atomic mass is 9.99. The maximum atomic E-state index is 14.3. The van der Waals surface area contributed by atoms with Gasteiger partial charge < -0.3 is 20.4 Å². The first kappa shape index (κ1) is 18.6. The van der Waals surface area contributed by atoms with Crippen molar-refractivity contribution >= 4 is 35.7 Å². The monoisotopic (exact) mass is 361 g/mol. The summed E-state index contributed by atoms with van der Waals surface area (Å²) < 4.78 is 19.5. The lowest BCUT2D eigenvalue weighted by molar-refractivity contribution is -0.110. The molecule has 1 amide bonds. The van der Waals surface area contributed by atoms with Crippen molar-refractivity contribution in [2.75, 3.05) is 26.0 Å². The largest absolute Gasteiger partial charge is 0.495 e. The van der Waals surface area contributed by atoms with E-state index in [-0.39, 0.29) is 23.9 Å². The van der Waals surface area contributed by atoms with E-state index >= 15 is 0 Å². The minimum absolute atomic E-state index is 0. The number of aromatic amines is 1. The van der Waals surface area contributed by atoms with E-state index in [1.54, 1.807) is 38.6 Å². The van der Waals surface area contributed by atoms with Crippen molar-refractivity contribution in [2.24, 2.45) is 0 Å². The van der Waals surface area contributed by atoms with Gasteiger partial charge in [-0.1, -0.05) is 11.8 Å². The molecule has 7 heteroatoms. The SMILES string of the molecule is CNCC#Cc1c(F)ccc2c1C(=Cc1[nH]ccc1OC)C(=O)N2.Cl. The van der Waals surface area contributed by atoms with Gasteiger partial charge in [-0.05, 0) is 31.3 Å². The number of hydrogen-bond donors (Lipinski definition) is 3. The molecule has 0 fully saturated rings. The van der Waals surface area contributed by atoms with Gasteiger partial charge in [-0.3, -0.25) is 4.79 Å². The van der Waals surface area contributed by atoms with E-state index < -0.39 is 5.82 Å². The molecule has 0 bridgehead atoms. The van der Waals surface area contributed by atoms with Crippen molar-refractivity contribution in [1.82, 2.24) is 10.3 Å². The highest BCUT2D eigenvalue weighted by Crippen LogP contribution is 2.37. The minimum Gasteiger partial charge on any atom is -0.495 e. The average molecular weight is 362 g/mol. The highest BCUT2D eigenvalue weighted by molar-refractivity contribution is 6.35. The highest BCUT2D eigenvalue weighted by Gasteiger charge is 2.28. The van der Waals surface area contributed by atoms with Gasteiger partial charge >= 0.3 is 0 Å². The number of nitrogens with one attached hydrogen (secondary N) is 3. The fourth-order valence-electron chi connectivity index (χ4n) is 2.55. The molecule has 0 atom stereocenters. The number of ether oxygens (including phenoxy) is 1. The lowest BCUT2D eigenvalue weighted by Crippen LogP contribution is -2.05. The van der Waals surface area contributed by atoms with Crippen LogP contribution in [0.5, 0.6) is 5.75 Å². The van der Waals surface area contributed by atoms with Crippen molar-refractivity contribution in [3.63, 3.8) is 0 Å². The molecule has 2 heterocycles. The highest BCUT2D eigenvalue weighted by atomic mass is 35.5. The van der Waals surface area contributed by atoms with Gasteiger partial charge in [0.2, 0.25) is 0 Å². The number of benzene rings is 1. The molecule has 3 rings (SSSR count). The van der Waals surface area contributed by atoms with Crippen LogP contribution in [-0.4, -0.2) is 31.6 Å². The maximum absolute atomic E-state index is 14.3. The minimum atomic E-state index is -0.460. The molecule has 0 spiro atoms. The Balaban J connectivity index is 0.00000225. The molecule has 5 nitrogen and oxygen atoms in total. The van der Waals surface area contributed by atoms with Crippen LogP contribution >= 0.6 is 12.4 Å². The molecule has 0 radical (unpaired) electrons. The van der Waals surface area contributed by atoms with E-state index in [0.29, 0.717) is 34.8 Å². The molecular weight excluding hydrogens is 345 g/mol. The van der Waals surface area contributed by atoms with Gasteiger partial charge in [0, 0.05) is 11.8 Å². The molecule has 1 aromatic carbocycles. The van der Waals surface area contributed by atoms with Crippen LogP contribution in [0.4, 0.5) is 10.1 Å². The van der Waals surface area contributed by atoms with Gasteiger partial charge in [-0.2, -0.15) is 0 Å². The second kappa shape index (κ2) is 7.88. The number of carbonyl (C=O) groups is 1. The van der Waals surface area contributed by atoms with E-state index in [4.69, 9.17) is 4.74 Å². The van der Waals surface area contributed by atoms with Crippen molar-refractivity contribution in [2.45, 2.75) is 0 Å². The van der Waals surface area contributed by atoms with Crippen LogP contribution in [0.3, 0.4) is 0 Å². The number of H-pyrrole nitrogens is 1. The summed E-state index contributed by atoms with van der Waals surface area (Å²) in [5, 5.41) is 5.63. The molecule has 1 aliphatic heterocycles. The summed E-state index contributed by atoms with van der Waals surface area (Å²) in [6, 6.07) is 4.60. The molecular formula is C18H17ClFN3O2. The fraction of sp³-hybridized carbons (Fsp3) is 0.167. The zero-order valence-corrected chi connectivity index (χ0v) is 14.5. The molecule has 25 heavy (non-hydrogen) atoms. The Morgan fingerprint density at radius 1 is 1.36 bits per heavy atom. The average Bonchev–Trinajstić information content (AvgIpc) is 3.15. The van der Waals surface area contributed by atoms with Crippen molar-refractivity contribution in [3.05, 3.63) is 47.0 Å². The van der Waals surface area contributed by atoms with Crippen LogP contribution < -0.4 is 15.4 Å². The Kier molecular flexibility index (Phi) is 5.86. The van der Waals surface area contributed by atoms with E-state index in [1.807, 2.05) is 0 Å². The van der Waals surface area contributed by atoms with Crippen LogP contribution in [0.15, 0.2) is 24.4 Å². The van der Waals surface area contributed by atoms with Crippen LogP contribution in [0.2, 0.25) is 0 Å². The van der Waals surface area contributed by atoms with Crippen LogP contribution in [-0.2, 0) is 4.79 Å². The standard InChI is InChI=1S/C18H16FN3O2.ClH/c1-20-8-3-4-11-13(19)5-6-14-17(11)12(18(23)22-14)10-15-16(24-2)7-9-21-15;/h5-7,9-10,20-21H,8H2,1-2H3,(H,22,23);1H. The topological polar surface area (TPSA) is 66.1 Å². The number of carbonyl (C=O) groups excluding carboxylic acids is 1. The Morgan fingerprint density at radius 2 is 2.16 bits per heavy atom. The molecule has 0 unspecified atom stereocenters. The molecule has 0 aliphatic carbocycles. The smallest absolute Gasteiger partial charge is 0.256 e. The molecule has 130 valence electrons. The maximum Gasteiger partial charge on any atom is 0.256 e. The van der Waals surface area contributed by atoms with Crippen molar-refractivity contribution in [3.8, 4) is 17.6 Å². The molecule has 1 aliphatic rings. The Bertz CT molecular complexity index is 893. The second-order valence-electron chi connectivity index (χ2n) is 5.15. The summed E-state index contributed by atoms with van der Waals surface area (Å²) in [6.07, 6.45) is 3.35. The van der Waals surface area contributed by atoms with Crippen molar-refractivity contribution in [1.29, 1.82) is 0 Å². The molecule has 1 aromatic heterocycles. The van der Waals surface area contributed by atoms with E-state index in [1.165, 1.54) is 6.07 Å². The summed E-state index contributed by atoms with van der Waals surface area (Å²) >= 11 is 0. The van der Waals surface area contributed by atoms with Crippen LogP contribution in [0, 0.1) is 17.7 Å². The van der Waals surface area contributed by atoms with Gasteiger partial charge in [0.25, 0.3) is 5.91 Å². The van der Waals surface area contributed by atoms with Crippen LogP contribution in [0.1, 0.15) is 16.8 Å². The first-order chi connectivity index (χ1) is 11.7. The third kappa shape index (κ3) is 3.53. The zero-order valence-electron chi connectivity index (χ0n) is 13.7. The summed E-state index contributed by atoms with van der Waals surface area (Å²) in [6.45, 7) is 0.425. The number of anilines is 1. The number of hydrogen-bond acceptors (Lipinski definition) is 3. The number of fused-ring (bicyclic) bond motifs is 1. The van der Waals surface area contributed by atoms with Crippen LogP contribution in [0.25, 0.3) is 11.6 Å². The van der Waals surface area contributed by atoms with E-state index in [9.17, 15) is 9.18 Å². The number of methoxy groups -OCH3 is 1. The van der Waals surface area contributed by atoms with Gasteiger partial charge in [0.15, 0.2) is 0 Å². The number of rotatable bonds is 3. The van der Waals surface area contributed by atoms with E-state index in [2.05, 4.69) is 27.5 Å². The molecule has 3 N–H and O–H groups in total. The van der Waals surface area contributed by atoms with Gasteiger partial charge in [-0.25, -0.2) is 4.39 Å². The van der Waals surface area contributed by atoms with Gasteiger partial charge in [0.1, 0.15) is 11.6 Å². The molecule has 2 aromatic rings. The summed E-state index contributed by atoms with van der Waals surface area (Å²) in [4.78, 5) is 15.3. The third-order valence-corrected chi connectivity index (χ3v) is 3.64. The Hall–Kier alpha value is -2.75. The second-order valence-corrected chi connectivity index (χ2v) is 5.15. The summed E-state index contributed by atoms with van der Waals surface area (Å²) in [7, 11) is 3.30. The molecule has 0 saturated heterocycles. The van der Waals surface area contributed by atoms with E-state index in [0.717, 1.165) is 0 Å². The first-order valence-corrected chi connectivity index (χ1v) is 7.36. The number of amides is 1. The fourth-order valence-corrected chi connectivity index (χ4v) is 2.55. The predicted molar refractivity (Wildman–Crippen MR) is 98.3 cm³/mol. The lowest BCUT2D eigenvalue weighted by Gasteiger charge is -2.04. The number of halogens is 2. The predicted octanol–water partition coefficient (Wildman–Crippen LogP) is 2.65. The normalized spacial score (nSPS) is 13.6. The third-order valence-electron chi connectivity index (χ3n) is 3.64. The molecule has 0 saturated carbocycles. The van der Waals surface area contributed by atoms with Crippen molar-refractivity contribution < 1.29 is 13.9 Å². The summed E-state index contributed by atoms with van der Waals surface area (Å²) in [5.41, 5.74) is 2.21. The summed E-state index contributed by atoms with van der Waals surface area (Å²) in [5.74, 6) is 5.49. The quantitative estimate of drug-likeness (QED) is 0.581.